The molecule has 1 aromatic carbocycles. The summed E-state index contributed by atoms with van der Waals surface area (Å²) in [6.45, 7) is 17.0. The fraction of sp³-hybridized carbons (Fsp3) is 0.692. The van der Waals surface area contributed by atoms with Gasteiger partial charge in [0, 0.05) is 53.3 Å². The van der Waals surface area contributed by atoms with Crippen LogP contribution in [0.15, 0.2) is 23.0 Å². The summed E-state index contributed by atoms with van der Waals surface area (Å²) in [4.78, 5) is 29.6. The molecule has 1 aromatic heterocycles. The topological polar surface area (TPSA) is 68.9 Å². The summed E-state index contributed by atoms with van der Waals surface area (Å²) in [5.74, 6) is 0. The zero-order chi connectivity index (χ0) is 25.6. The molecule has 2 aliphatic heterocycles. The van der Waals surface area contributed by atoms with Crippen LogP contribution in [0.3, 0.4) is 0 Å². The molecule has 1 amide bonds. The number of anilines is 1. The van der Waals surface area contributed by atoms with Crippen molar-refractivity contribution in [2.45, 2.75) is 71.6 Å². The normalized spacial score (nSPS) is 18.3. The third-order valence-electron chi connectivity index (χ3n) is 7.22. The monoisotopic (exact) mass is 502 g/mol. The van der Waals surface area contributed by atoms with E-state index in [-0.39, 0.29) is 23.9 Å². The number of carbonyl (C=O) groups is 1. The molecule has 0 saturated carbocycles. The average Bonchev–Trinajstić information content (AvgIpc) is 2.98. The predicted molar refractivity (Wildman–Crippen MR) is 143 cm³/mol. The van der Waals surface area contributed by atoms with Crippen LogP contribution >= 0.6 is 0 Å². The smallest absolute Gasteiger partial charge is 0.410 e. The SMILES string of the molecule is Cn1c(=O)n(COCC[Si](C)(C)C)c2cccc(N3CCC4(CC3)CN(C(=O)OC(C)(C)C)C4)c21. The van der Waals surface area contributed by atoms with E-state index in [1.807, 2.05) is 44.9 Å². The summed E-state index contributed by atoms with van der Waals surface area (Å²) in [7, 11) is 0.676. The van der Waals surface area contributed by atoms with Crippen molar-refractivity contribution in [2.75, 3.05) is 37.7 Å². The second-order valence-electron chi connectivity index (χ2n) is 12.6. The molecule has 0 N–H and O–H groups in total. The van der Waals surface area contributed by atoms with E-state index >= 15 is 0 Å². The first-order valence-electron chi connectivity index (χ1n) is 12.8. The van der Waals surface area contributed by atoms with Gasteiger partial charge in [0.25, 0.3) is 0 Å². The Morgan fingerprint density at radius 2 is 1.77 bits per heavy atom. The maximum absolute atomic E-state index is 13.1. The summed E-state index contributed by atoms with van der Waals surface area (Å²) in [6, 6.07) is 7.24. The highest BCUT2D eigenvalue weighted by Gasteiger charge is 2.48. The summed E-state index contributed by atoms with van der Waals surface area (Å²) in [6.07, 6.45) is 1.84. The number of imidazole rings is 1. The lowest BCUT2D eigenvalue weighted by atomic mass is 9.72. The molecule has 194 valence electrons. The van der Waals surface area contributed by atoms with Gasteiger partial charge in [-0.2, -0.15) is 0 Å². The van der Waals surface area contributed by atoms with Gasteiger partial charge in [-0.05, 0) is 51.8 Å². The number of aryl methyl sites for hydroxylation is 1. The molecule has 2 aliphatic rings. The second-order valence-corrected chi connectivity index (χ2v) is 18.2. The van der Waals surface area contributed by atoms with E-state index in [1.54, 1.807) is 9.13 Å². The molecular weight excluding hydrogens is 460 g/mol. The maximum atomic E-state index is 13.1. The number of carbonyl (C=O) groups excluding carboxylic acids is 1. The van der Waals surface area contributed by atoms with Gasteiger partial charge in [0.15, 0.2) is 0 Å². The van der Waals surface area contributed by atoms with Gasteiger partial charge in [0.2, 0.25) is 0 Å². The molecule has 9 heteroatoms. The van der Waals surface area contributed by atoms with Crippen LogP contribution in [0.25, 0.3) is 11.0 Å². The Balaban J connectivity index is 1.42. The third kappa shape index (κ3) is 5.61. The number of aromatic nitrogens is 2. The number of hydrogen-bond acceptors (Lipinski definition) is 5. The van der Waals surface area contributed by atoms with Gasteiger partial charge < -0.3 is 19.3 Å². The van der Waals surface area contributed by atoms with Crippen molar-refractivity contribution in [3.05, 3.63) is 28.7 Å². The first kappa shape index (κ1) is 25.8. The summed E-state index contributed by atoms with van der Waals surface area (Å²) < 4.78 is 15.0. The van der Waals surface area contributed by atoms with Gasteiger partial charge in [-0.3, -0.25) is 9.13 Å². The zero-order valence-electron chi connectivity index (χ0n) is 22.5. The molecule has 0 atom stereocenters. The minimum atomic E-state index is -1.17. The van der Waals surface area contributed by atoms with E-state index in [4.69, 9.17) is 9.47 Å². The van der Waals surface area contributed by atoms with Crippen LogP contribution in [-0.4, -0.2) is 66.6 Å². The van der Waals surface area contributed by atoms with Crippen LogP contribution in [0.1, 0.15) is 33.6 Å². The van der Waals surface area contributed by atoms with Gasteiger partial charge in [0.05, 0.1) is 16.7 Å². The van der Waals surface area contributed by atoms with Crippen LogP contribution < -0.4 is 10.6 Å². The van der Waals surface area contributed by atoms with E-state index < -0.39 is 13.7 Å². The number of benzene rings is 1. The molecule has 0 aliphatic carbocycles. The van der Waals surface area contributed by atoms with Gasteiger partial charge in [-0.15, -0.1) is 0 Å². The third-order valence-corrected chi connectivity index (χ3v) is 8.93. The highest BCUT2D eigenvalue weighted by Crippen LogP contribution is 2.42. The molecule has 2 fully saturated rings. The molecule has 4 rings (SSSR count). The van der Waals surface area contributed by atoms with E-state index in [1.165, 1.54) is 0 Å². The van der Waals surface area contributed by atoms with Gasteiger partial charge in [-0.25, -0.2) is 9.59 Å². The number of likely N-dealkylation sites (tertiary alicyclic amines) is 1. The van der Waals surface area contributed by atoms with Crippen molar-refractivity contribution in [3.8, 4) is 0 Å². The molecule has 0 bridgehead atoms. The summed E-state index contributed by atoms with van der Waals surface area (Å²) in [5, 5.41) is 0. The predicted octanol–water partition coefficient (Wildman–Crippen LogP) is 4.49. The Bertz CT molecular complexity index is 1130. The first-order chi connectivity index (χ1) is 16.3. The lowest BCUT2D eigenvalue weighted by Gasteiger charge is -2.54. The standard InChI is InChI=1S/C26H42N4O4Si/c1-25(2,3)34-24(32)29-17-26(18-29)11-13-28(14-12-26)20-9-8-10-21-22(20)27(4)23(31)30(21)19-33-15-16-35(5,6)7/h8-10H,11-19H2,1-7H3. The van der Waals surface area contributed by atoms with E-state index in [0.29, 0.717) is 6.61 Å². The Kier molecular flexibility index (Phi) is 6.87. The molecular formula is C26H42N4O4Si. The Labute approximate surface area is 209 Å². The van der Waals surface area contributed by atoms with Gasteiger partial charge in [0.1, 0.15) is 12.3 Å². The lowest BCUT2D eigenvalue weighted by molar-refractivity contribution is -0.0434. The molecule has 8 nitrogen and oxygen atoms in total. The number of ether oxygens (including phenoxy) is 2. The quantitative estimate of drug-likeness (QED) is 0.430. The zero-order valence-corrected chi connectivity index (χ0v) is 23.5. The fourth-order valence-electron chi connectivity index (χ4n) is 5.13. The average molecular weight is 503 g/mol. The lowest BCUT2D eigenvalue weighted by Crippen LogP contribution is -2.62. The Hall–Kier alpha value is -2.26. The van der Waals surface area contributed by atoms with Crippen molar-refractivity contribution in [3.63, 3.8) is 0 Å². The first-order valence-corrected chi connectivity index (χ1v) is 16.5. The fourth-order valence-corrected chi connectivity index (χ4v) is 5.89. The maximum Gasteiger partial charge on any atom is 0.410 e. The van der Waals surface area contributed by atoms with E-state index in [0.717, 1.165) is 61.8 Å². The highest BCUT2D eigenvalue weighted by molar-refractivity contribution is 6.76. The van der Waals surface area contributed by atoms with E-state index in [9.17, 15) is 9.59 Å². The Morgan fingerprint density at radius 3 is 2.37 bits per heavy atom. The molecule has 35 heavy (non-hydrogen) atoms. The van der Waals surface area contributed by atoms with Crippen molar-refractivity contribution >= 4 is 30.9 Å². The summed E-state index contributed by atoms with van der Waals surface area (Å²) in [5.41, 5.74) is 2.66. The van der Waals surface area contributed by atoms with Crippen molar-refractivity contribution in [1.29, 1.82) is 0 Å². The number of fused-ring (bicyclic) bond motifs is 1. The molecule has 0 radical (unpaired) electrons. The number of rotatable bonds is 6. The van der Waals surface area contributed by atoms with Crippen LogP contribution in [0.4, 0.5) is 10.5 Å². The number of hydrogen-bond donors (Lipinski definition) is 0. The van der Waals surface area contributed by atoms with Gasteiger partial charge >= 0.3 is 11.8 Å². The van der Waals surface area contributed by atoms with Crippen molar-refractivity contribution < 1.29 is 14.3 Å². The highest BCUT2D eigenvalue weighted by atomic mass is 28.3. The largest absolute Gasteiger partial charge is 0.444 e. The number of amides is 1. The van der Waals surface area contributed by atoms with Crippen LogP contribution in [0.2, 0.25) is 25.7 Å². The molecule has 1 spiro atoms. The second kappa shape index (κ2) is 9.31. The molecule has 0 unspecified atom stereocenters. The van der Waals surface area contributed by atoms with Crippen LogP contribution in [0, 0.1) is 5.41 Å². The molecule has 3 heterocycles. The Morgan fingerprint density at radius 1 is 1.11 bits per heavy atom. The number of piperidine rings is 1. The number of nitrogens with zero attached hydrogens (tertiary/aromatic N) is 4. The minimum Gasteiger partial charge on any atom is -0.444 e. The molecule has 2 aromatic rings. The van der Waals surface area contributed by atoms with Crippen LogP contribution in [0.5, 0.6) is 0 Å². The van der Waals surface area contributed by atoms with Crippen molar-refractivity contribution in [2.24, 2.45) is 12.5 Å². The summed E-state index contributed by atoms with van der Waals surface area (Å²) >= 11 is 0. The molecule has 2 saturated heterocycles. The van der Waals surface area contributed by atoms with E-state index in [2.05, 4.69) is 30.6 Å². The van der Waals surface area contributed by atoms with Crippen LogP contribution in [-0.2, 0) is 23.3 Å². The van der Waals surface area contributed by atoms with Crippen molar-refractivity contribution in [1.82, 2.24) is 14.0 Å². The minimum absolute atomic E-state index is 0.0408. The number of para-hydroxylation sites is 1. The van der Waals surface area contributed by atoms with Gasteiger partial charge in [-0.1, -0.05) is 25.7 Å².